The van der Waals surface area contributed by atoms with Crippen LogP contribution in [-0.4, -0.2) is 86.2 Å². The van der Waals surface area contributed by atoms with Crippen LogP contribution in [0.1, 0.15) is 143 Å². The summed E-state index contributed by atoms with van der Waals surface area (Å²) in [6, 6.07) is 18.0. The molecule has 4 aromatic carbocycles. The number of nitro benzene ring substituents is 3. The molecule has 0 aliphatic rings. The summed E-state index contributed by atoms with van der Waals surface area (Å²) in [5.41, 5.74) is 8.88. The quantitative estimate of drug-likeness (QED) is 0.0115. The standard InChI is InChI=1S/C12H15NO4.C12H17NO2.C11H13NO4.C10H14N2O3.C2H6O.CH3I.CH3.H2O4S.Pd/c1-12(2,3)10-6-5-8(13(15)16)7-9(10)11(14)17-4;1-12(2,3)10-6-5-8(13)7-9(10)11(14)15-4;1-11(2,3)9-5-4-7(12(15)16)6-8(9)10(13)14;1-10(2,3)8-5-4-7(12(13)14)6-9(8)15-11;1-2-3;1-2;;1-5(2,3)4;/h5-7H,1-4H3;5-7H,13H2,1-4H3;4-6H,1-3H3,(H,13,14);4-6H,11H2,1-3H3;3H,2H2,1H3;1H3;1H3;(H2,1,2,3,4);/q;;;;;;-1;;. The number of hydrogen-bond donors (Lipinski definition) is 6. The van der Waals surface area contributed by atoms with Gasteiger partial charge in [-0.05, 0) is 68.4 Å². The van der Waals surface area contributed by atoms with E-state index in [9.17, 15) is 44.7 Å². The second-order valence-corrected chi connectivity index (χ2v) is 19.8. The molecule has 0 atom stereocenters. The predicted molar refractivity (Wildman–Crippen MR) is 293 cm³/mol. The zero-order valence-electron chi connectivity index (χ0n) is 45.2. The van der Waals surface area contributed by atoms with Crippen molar-refractivity contribution >= 4 is 73.6 Å². The molecule has 0 saturated carbocycles. The molecule has 0 bridgehead atoms. The smallest absolute Gasteiger partial charge is 0.394 e. The Labute approximate surface area is 466 Å². The molecule has 0 aliphatic carbocycles. The Morgan fingerprint density at radius 3 is 1.11 bits per heavy atom. The molecule has 0 heterocycles. The fourth-order valence-electron chi connectivity index (χ4n) is 5.89. The molecule has 426 valence electrons. The second-order valence-electron chi connectivity index (χ2n) is 18.9. The number of carboxylic acid groups (broad SMARTS) is 1. The Hall–Kier alpha value is -5.73. The molecular weight excluding hydrogens is 1210 g/mol. The van der Waals surface area contributed by atoms with Crippen LogP contribution in [-0.2, 0) is 62.0 Å². The van der Waals surface area contributed by atoms with Gasteiger partial charge in [-0.15, -0.1) is 0 Å². The molecule has 75 heavy (non-hydrogen) atoms. The average Bonchev–Trinajstić information content (AvgIpc) is 3.27. The topological polar surface area (TPSA) is 375 Å². The van der Waals surface area contributed by atoms with Crippen LogP contribution in [0.5, 0.6) is 5.75 Å². The number of halogens is 1. The largest absolute Gasteiger partial charge is 0.478 e. The number of nitrogens with zero attached hydrogens (tertiary/aromatic N) is 3. The first-order valence-electron chi connectivity index (χ1n) is 21.4. The maximum Gasteiger partial charge on any atom is 0.394 e. The van der Waals surface area contributed by atoms with Crippen LogP contribution in [0.2, 0.25) is 0 Å². The van der Waals surface area contributed by atoms with E-state index >= 15 is 0 Å². The fraction of sp³-hybridized carbons (Fsp3) is 0.429. The third kappa shape index (κ3) is 29.8. The number of nitrogens with two attached hydrogens (primary N) is 2. The minimum atomic E-state index is -4.67. The Morgan fingerprint density at radius 1 is 0.587 bits per heavy atom. The van der Waals surface area contributed by atoms with Gasteiger partial charge in [-0.2, -0.15) is 14.3 Å². The van der Waals surface area contributed by atoms with Crippen LogP contribution in [0.4, 0.5) is 22.7 Å². The van der Waals surface area contributed by atoms with Crippen molar-refractivity contribution in [3.8, 4) is 5.75 Å². The number of benzene rings is 4. The molecule has 4 aromatic rings. The van der Waals surface area contributed by atoms with Crippen LogP contribution in [0, 0.1) is 37.8 Å². The number of anilines is 1. The van der Waals surface area contributed by atoms with Crippen LogP contribution in [0.25, 0.3) is 0 Å². The first-order chi connectivity index (χ1) is 33.1. The zero-order valence-corrected chi connectivity index (χ0v) is 49.8. The second kappa shape index (κ2) is 34.8. The van der Waals surface area contributed by atoms with E-state index in [-0.39, 0.29) is 90.3 Å². The number of aromatic carboxylic acids is 1. The molecule has 0 saturated heterocycles. The van der Waals surface area contributed by atoms with Crippen molar-refractivity contribution in [1.82, 2.24) is 0 Å². The van der Waals surface area contributed by atoms with Crippen LogP contribution in [0.15, 0.2) is 72.8 Å². The minimum absolute atomic E-state index is 0. The van der Waals surface area contributed by atoms with Gasteiger partial charge in [0.05, 0.1) is 51.7 Å². The number of rotatable bonds is 7. The van der Waals surface area contributed by atoms with Gasteiger partial charge >= 0.3 is 28.3 Å². The SMILES string of the molecule is CC(C)(C)c1ccc([N+](=O)[O-])cc1C(=O)O.CC(C)(C)c1ccc([N+](=O)[O-])cc1ON.CCO.CI.COC(=O)c1cc(N)ccc1C(C)(C)C.COC(=O)c1cc([N+](=O)[O-])ccc1C(C)(C)C.O=S(=O)(O)O.[CH3-].[Pd]. The molecule has 4 rings (SSSR count). The minimum Gasteiger partial charge on any atom is -0.478 e. The van der Waals surface area contributed by atoms with Gasteiger partial charge < -0.3 is 37.7 Å². The summed E-state index contributed by atoms with van der Waals surface area (Å²) >= 11 is 2.15. The molecule has 0 aliphatic heterocycles. The number of esters is 2. The molecule has 26 heteroatoms. The summed E-state index contributed by atoms with van der Waals surface area (Å²) in [5, 5.41) is 48.3. The van der Waals surface area contributed by atoms with Crippen molar-refractivity contribution in [2.45, 2.75) is 112 Å². The number of nitrogen functional groups attached to an aromatic ring is 1. The number of carbonyl (C=O) groups excluding carboxylic acids is 2. The van der Waals surface area contributed by atoms with Crippen molar-refractivity contribution in [2.75, 3.05) is 31.5 Å². The van der Waals surface area contributed by atoms with Crippen molar-refractivity contribution in [3.63, 3.8) is 0 Å². The number of non-ortho nitro benzene ring substituents is 3. The van der Waals surface area contributed by atoms with Gasteiger partial charge in [-0.25, -0.2) is 14.4 Å². The number of alkyl halides is 1. The molecule has 0 fully saturated rings. The van der Waals surface area contributed by atoms with Crippen LogP contribution < -0.4 is 16.5 Å². The van der Waals surface area contributed by atoms with Gasteiger partial charge in [0.15, 0.2) is 5.75 Å². The first-order valence-corrected chi connectivity index (χ1v) is 24.9. The number of aliphatic hydroxyl groups excluding tert-OH is 1. The normalized spacial score (nSPS) is 10.5. The fourth-order valence-corrected chi connectivity index (χ4v) is 5.89. The summed E-state index contributed by atoms with van der Waals surface area (Å²) in [6.07, 6.45) is 0. The summed E-state index contributed by atoms with van der Waals surface area (Å²) in [6.45, 7) is 25.4. The van der Waals surface area contributed by atoms with Gasteiger partial charge in [-0.3, -0.25) is 39.4 Å². The van der Waals surface area contributed by atoms with Gasteiger partial charge in [0, 0.05) is 68.6 Å². The molecule has 0 amide bonds. The zero-order chi connectivity index (χ0) is 58.2. The monoisotopic (exact) mass is 1280 g/mol. The predicted octanol–water partition coefficient (Wildman–Crippen LogP) is 10.6. The third-order valence-electron chi connectivity index (χ3n) is 9.05. The molecular formula is C49H73IN5O18PdS-. The van der Waals surface area contributed by atoms with Crippen LogP contribution in [0.3, 0.4) is 0 Å². The van der Waals surface area contributed by atoms with Gasteiger partial charge in [0.25, 0.3) is 17.1 Å². The number of aliphatic hydroxyl groups is 1. The number of carboxylic acids is 1. The van der Waals surface area contributed by atoms with Crippen molar-refractivity contribution in [2.24, 2.45) is 5.90 Å². The van der Waals surface area contributed by atoms with E-state index in [1.54, 1.807) is 31.2 Å². The van der Waals surface area contributed by atoms with E-state index in [0.717, 1.165) is 22.8 Å². The van der Waals surface area contributed by atoms with E-state index in [1.807, 2.05) is 94.1 Å². The van der Waals surface area contributed by atoms with E-state index in [0.29, 0.717) is 22.6 Å². The van der Waals surface area contributed by atoms with E-state index in [4.69, 9.17) is 44.1 Å². The summed E-state index contributed by atoms with van der Waals surface area (Å²) in [4.78, 5) is 71.0. The number of methoxy groups -OCH3 is 2. The van der Waals surface area contributed by atoms with Crippen molar-refractivity contribution < 1.29 is 91.6 Å². The Balaban J connectivity index is -0.000000271. The van der Waals surface area contributed by atoms with Gasteiger partial charge in [0.1, 0.15) is 0 Å². The molecule has 0 spiro atoms. The number of hydrogen-bond acceptors (Lipinski definition) is 17. The number of nitro groups is 3. The van der Waals surface area contributed by atoms with E-state index in [1.165, 1.54) is 50.6 Å². The third-order valence-corrected chi connectivity index (χ3v) is 9.05. The van der Waals surface area contributed by atoms with E-state index in [2.05, 4.69) is 32.2 Å². The van der Waals surface area contributed by atoms with Gasteiger partial charge in [-0.1, -0.05) is 124 Å². The molecule has 0 radical (unpaired) electrons. The maximum atomic E-state index is 11.6. The Kier molecular flexibility index (Phi) is 36.2. The first kappa shape index (κ1) is 78.2. The summed E-state index contributed by atoms with van der Waals surface area (Å²) in [7, 11) is -2.04. The molecule has 23 nitrogen and oxygen atoms in total. The summed E-state index contributed by atoms with van der Waals surface area (Å²) in [5.74, 6) is 3.40. The molecule has 0 unspecified atom stereocenters. The van der Waals surface area contributed by atoms with Crippen molar-refractivity contribution in [1.29, 1.82) is 0 Å². The molecule has 0 aromatic heterocycles. The average molecular weight is 1290 g/mol. The van der Waals surface area contributed by atoms with E-state index < -0.39 is 37.1 Å². The van der Waals surface area contributed by atoms with Crippen LogP contribution >= 0.6 is 22.6 Å². The number of carbonyl (C=O) groups is 3. The maximum absolute atomic E-state index is 11.6. The Bertz CT molecular complexity index is 2600. The van der Waals surface area contributed by atoms with Gasteiger partial charge in [0.2, 0.25) is 0 Å². The summed E-state index contributed by atoms with van der Waals surface area (Å²) < 4.78 is 41.0. The number of ether oxygens (including phenoxy) is 2. The van der Waals surface area contributed by atoms with Crippen molar-refractivity contribution in [3.05, 3.63) is 150 Å². The molecule has 8 N–H and O–H groups in total. The Morgan fingerprint density at radius 2 is 0.840 bits per heavy atom.